The molecule has 1 aromatic rings. The minimum atomic E-state index is -0.475. The van der Waals surface area contributed by atoms with Crippen molar-refractivity contribution in [3.63, 3.8) is 0 Å². The summed E-state index contributed by atoms with van der Waals surface area (Å²) < 4.78 is 0. The van der Waals surface area contributed by atoms with E-state index in [-0.39, 0.29) is 5.91 Å². The van der Waals surface area contributed by atoms with E-state index in [1.165, 1.54) is 0 Å². The third-order valence-corrected chi connectivity index (χ3v) is 2.56. The monoisotopic (exact) mass is 233 g/mol. The molecule has 0 saturated heterocycles. The number of aldehydes is 1. The van der Waals surface area contributed by atoms with Crippen LogP contribution in [0.1, 0.15) is 42.3 Å². The van der Waals surface area contributed by atoms with Gasteiger partial charge >= 0.3 is 0 Å². The van der Waals surface area contributed by atoms with Crippen molar-refractivity contribution in [1.29, 1.82) is 0 Å². The van der Waals surface area contributed by atoms with E-state index >= 15 is 0 Å². The topological polar surface area (TPSA) is 46.2 Å². The largest absolute Gasteiger partial charge is 0.325 e. The fraction of sp³-hybridized carbons (Fsp3) is 0.429. The lowest BCUT2D eigenvalue weighted by atomic mass is 9.95. The minimum Gasteiger partial charge on any atom is -0.325 e. The Balaban J connectivity index is 3.15. The Morgan fingerprint density at radius 3 is 2.29 bits per heavy atom. The molecule has 0 spiro atoms. The predicted octanol–water partition coefficient (Wildman–Crippen LogP) is 3.10. The predicted molar refractivity (Wildman–Crippen MR) is 69.4 cm³/mol. The minimum absolute atomic E-state index is 0.0902. The van der Waals surface area contributed by atoms with Gasteiger partial charge in [-0.25, -0.2) is 0 Å². The van der Waals surface area contributed by atoms with Crippen molar-refractivity contribution in [2.24, 2.45) is 5.41 Å². The van der Waals surface area contributed by atoms with Crippen LogP contribution < -0.4 is 5.32 Å². The molecular weight excluding hydrogens is 214 g/mol. The number of rotatable bonds is 2. The SMILES string of the molecule is Cc1cc(C)c(NC(=O)C(C)(C)C)c(C=O)c1. The quantitative estimate of drug-likeness (QED) is 0.798. The normalized spacial score (nSPS) is 11.1. The Morgan fingerprint density at radius 2 is 1.82 bits per heavy atom. The van der Waals surface area contributed by atoms with Crippen LogP contribution in [0, 0.1) is 19.3 Å². The van der Waals surface area contributed by atoms with E-state index in [2.05, 4.69) is 5.32 Å². The maximum atomic E-state index is 11.9. The maximum absolute atomic E-state index is 11.9. The fourth-order valence-electron chi connectivity index (χ4n) is 1.57. The standard InChI is InChI=1S/C14H19NO2/c1-9-6-10(2)12(11(7-9)8-16)15-13(17)14(3,4)5/h6-8H,1-5H3,(H,15,17). The first kappa shape index (κ1) is 13.4. The zero-order valence-corrected chi connectivity index (χ0v) is 11.0. The molecule has 17 heavy (non-hydrogen) atoms. The molecule has 1 N–H and O–H groups in total. The number of nitrogens with one attached hydrogen (secondary N) is 1. The molecule has 0 aliphatic carbocycles. The van der Waals surface area contributed by atoms with Crippen molar-refractivity contribution in [3.8, 4) is 0 Å². The summed E-state index contributed by atoms with van der Waals surface area (Å²) in [5, 5.41) is 2.83. The van der Waals surface area contributed by atoms with Crippen molar-refractivity contribution < 1.29 is 9.59 Å². The molecule has 0 atom stereocenters. The lowest BCUT2D eigenvalue weighted by Crippen LogP contribution is -2.28. The van der Waals surface area contributed by atoms with Gasteiger partial charge in [-0.15, -0.1) is 0 Å². The third kappa shape index (κ3) is 3.16. The molecule has 0 unspecified atom stereocenters. The van der Waals surface area contributed by atoms with Gasteiger partial charge < -0.3 is 5.32 Å². The summed E-state index contributed by atoms with van der Waals surface area (Å²) in [4.78, 5) is 22.9. The van der Waals surface area contributed by atoms with Crippen LogP contribution >= 0.6 is 0 Å². The molecular formula is C14H19NO2. The van der Waals surface area contributed by atoms with Gasteiger partial charge in [0, 0.05) is 11.0 Å². The van der Waals surface area contributed by atoms with Gasteiger partial charge in [0.15, 0.2) is 6.29 Å². The number of hydrogen-bond acceptors (Lipinski definition) is 2. The molecule has 0 aliphatic rings. The van der Waals surface area contributed by atoms with E-state index in [4.69, 9.17) is 0 Å². The average molecular weight is 233 g/mol. The van der Waals surface area contributed by atoms with E-state index in [9.17, 15) is 9.59 Å². The van der Waals surface area contributed by atoms with Crippen molar-refractivity contribution >= 4 is 17.9 Å². The first-order chi connectivity index (χ1) is 7.75. The van der Waals surface area contributed by atoms with Crippen molar-refractivity contribution in [2.45, 2.75) is 34.6 Å². The first-order valence-electron chi connectivity index (χ1n) is 5.63. The zero-order valence-electron chi connectivity index (χ0n) is 11.0. The highest BCUT2D eigenvalue weighted by Gasteiger charge is 2.22. The van der Waals surface area contributed by atoms with Crippen molar-refractivity contribution in [2.75, 3.05) is 5.32 Å². The van der Waals surface area contributed by atoms with Gasteiger partial charge in [-0.3, -0.25) is 9.59 Å². The van der Waals surface area contributed by atoms with Gasteiger partial charge in [-0.1, -0.05) is 32.4 Å². The Hall–Kier alpha value is -1.64. The summed E-state index contributed by atoms with van der Waals surface area (Å²) in [6.45, 7) is 9.33. The molecule has 0 saturated carbocycles. The molecule has 0 bridgehead atoms. The van der Waals surface area contributed by atoms with Crippen LogP contribution in [-0.2, 0) is 4.79 Å². The molecule has 0 fully saturated rings. The Kier molecular flexibility index (Phi) is 3.71. The van der Waals surface area contributed by atoms with Crippen molar-refractivity contribution in [1.82, 2.24) is 0 Å². The third-order valence-electron chi connectivity index (χ3n) is 2.56. The highest BCUT2D eigenvalue weighted by atomic mass is 16.2. The van der Waals surface area contributed by atoms with E-state index in [0.29, 0.717) is 11.3 Å². The molecule has 3 heteroatoms. The molecule has 1 rings (SSSR count). The van der Waals surface area contributed by atoms with Gasteiger partial charge in [0.05, 0.1) is 5.69 Å². The van der Waals surface area contributed by atoms with Crippen LogP contribution in [-0.4, -0.2) is 12.2 Å². The second-order valence-corrected chi connectivity index (χ2v) is 5.37. The van der Waals surface area contributed by atoms with Gasteiger partial charge in [0.25, 0.3) is 0 Å². The number of benzene rings is 1. The lowest BCUT2D eigenvalue weighted by molar-refractivity contribution is -0.123. The van der Waals surface area contributed by atoms with Crippen LogP contribution in [0.15, 0.2) is 12.1 Å². The van der Waals surface area contributed by atoms with E-state index in [0.717, 1.165) is 17.4 Å². The van der Waals surface area contributed by atoms with Crippen LogP contribution in [0.3, 0.4) is 0 Å². The number of anilines is 1. The maximum Gasteiger partial charge on any atom is 0.229 e. The Bertz CT molecular complexity index is 456. The Labute approximate surface area is 102 Å². The summed E-state index contributed by atoms with van der Waals surface area (Å²) in [6, 6.07) is 3.73. The average Bonchev–Trinajstić information content (AvgIpc) is 2.19. The van der Waals surface area contributed by atoms with Crippen molar-refractivity contribution in [3.05, 3.63) is 28.8 Å². The molecule has 0 aromatic heterocycles. The molecule has 3 nitrogen and oxygen atoms in total. The summed E-state index contributed by atoms with van der Waals surface area (Å²) in [5.74, 6) is -0.0902. The van der Waals surface area contributed by atoms with E-state index in [1.807, 2.05) is 40.7 Å². The molecule has 1 amide bonds. The lowest BCUT2D eigenvalue weighted by Gasteiger charge is -2.20. The molecule has 0 aliphatic heterocycles. The molecule has 0 radical (unpaired) electrons. The summed E-state index contributed by atoms with van der Waals surface area (Å²) in [7, 11) is 0. The number of aryl methyl sites for hydroxylation is 2. The summed E-state index contributed by atoms with van der Waals surface area (Å²) in [6.07, 6.45) is 0.776. The van der Waals surface area contributed by atoms with E-state index < -0.39 is 5.41 Å². The number of carbonyl (C=O) groups is 2. The Morgan fingerprint density at radius 1 is 1.24 bits per heavy atom. The van der Waals surface area contributed by atoms with Crippen LogP contribution in [0.2, 0.25) is 0 Å². The molecule has 1 aromatic carbocycles. The van der Waals surface area contributed by atoms with Gasteiger partial charge in [0.2, 0.25) is 5.91 Å². The van der Waals surface area contributed by atoms with Crippen LogP contribution in [0.25, 0.3) is 0 Å². The zero-order chi connectivity index (χ0) is 13.2. The highest BCUT2D eigenvalue weighted by molar-refractivity contribution is 5.99. The molecule has 92 valence electrons. The second-order valence-electron chi connectivity index (χ2n) is 5.37. The van der Waals surface area contributed by atoms with Gasteiger partial charge in [-0.2, -0.15) is 0 Å². The van der Waals surface area contributed by atoms with Gasteiger partial charge in [0.1, 0.15) is 0 Å². The van der Waals surface area contributed by atoms with Gasteiger partial charge in [-0.05, 0) is 25.5 Å². The number of hydrogen-bond donors (Lipinski definition) is 1. The first-order valence-corrected chi connectivity index (χ1v) is 5.63. The smallest absolute Gasteiger partial charge is 0.229 e. The highest BCUT2D eigenvalue weighted by Crippen LogP contribution is 2.24. The number of carbonyl (C=O) groups excluding carboxylic acids is 2. The fourth-order valence-corrected chi connectivity index (χ4v) is 1.57. The second kappa shape index (κ2) is 4.70. The van der Waals surface area contributed by atoms with Crippen LogP contribution in [0.5, 0.6) is 0 Å². The molecule has 0 heterocycles. The number of amides is 1. The summed E-state index contributed by atoms with van der Waals surface area (Å²) >= 11 is 0. The van der Waals surface area contributed by atoms with Crippen LogP contribution in [0.4, 0.5) is 5.69 Å². The van der Waals surface area contributed by atoms with E-state index in [1.54, 1.807) is 6.07 Å². The summed E-state index contributed by atoms with van der Waals surface area (Å²) in [5.41, 5.74) is 2.59.